The maximum Gasteiger partial charge on any atom is 0.234 e. The first-order valence-corrected chi connectivity index (χ1v) is 10.1. The number of aryl methyl sites for hydroxylation is 1. The van der Waals surface area contributed by atoms with Gasteiger partial charge in [-0.25, -0.2) is 0 Å². The van der Waals surface area contributed by atoms with Gasteiger partial charge in [0.2, 0.25) is 5.91 Å². The Labute approximate surface area is 172 Å². The van der Waals surface area contributed by atoms with Crippen LogP contribution in [0.15, 0.2) is 47.6 Å². The molecular formula is C19H18Cl2N4OS. The summed E-state index contributed by atoms with van der Waals surface area (Å²) in [5, 5.41) is 13.0. The minimum atomic E-state index is -0.174. The largest absolute Gasteiger partial charge is 0.324 e. The molecule has 0 spiro atoms. The third kappa shape index (κ3) is 4.83. The zero-order chi connectivity index (χ0) is 19.4. The van der Waals surface area contributed by atoms with Gasteiger partial charge in [0.25, 0.3) is 0 Å². The lowest BCUT2D eigenvalue weighted by molar-refractivity contribution is -0.113. The topological polar surface area (TPSA) is 59.8 Å². The van der Waals surface area contributed by atoms with Crippen molar-refractivity contribution in [2.24, 2.45) is 0 Å². The third-order valence-corrected chi connectivity index (χ3v) is 5.36. The van der Waals surface area contributed by atoms with Crippen molar-refractivity contribution in [3.63, 3.8) is 0 Å². The third-order valence-electron chi connectivity index (χ3n) is 3.85. The maximum absolute atomic E-state index is 12.3. The molecule has 8 heteroatoms. The molecule has 0 saturated heterocycles. The minimum absolute atomic E-state index is 0.174. The lowest BCUT2D eigenvalue weighted by atomic mass is 10.1. The predicted molar refractivity (Wildman–Crippen MR) is 112 cm³/mol. The number of hydrogen-bond donors (Lipinski definition) is 1. The van der Waals surface area contributed by atoms with Crippen LogP contribution in [0.4, 0.5) is 5.69 Å². The average molecular weight is 421 g/mol. The number of nitrogens with zero attached hydrogens (tertiary/aromatic N) is 3. The second-order valence-corrected chi connectivity index (χ2v) is 7.67. The number of carbonyl (C=O) groups is 1. The Bertz CT molecular complexity index is 974. The van der Waals surface area contributed by atoms with Crippen LogP contribution < -0.4 is 5.32 Å². The van der Waals surface area contributed by atoms with Crippen molar-refractivity contribution in [2.45, 2.75) is 25.5 Å². The fourth-order valence-electron chi connectivity index (χ4n) is 2.59. The van der Waals surface area contributed by atoms with Crippen LogP contribution in [-0.4, -0.2) is 26.4 Å². The summed E-state index contributed by atoms with van der Waals surface area (Å²) in [6, 6.07) is 13.1. The van der Waals surface area contributed by atoms with Crippen molar-refractivity contribution in [3.8, 4) is 11.4 Å². The lowest BCUT2D eigenvalue weighted by Crippen LogP contribution is -2.15. The Kier molecular flexibility index (Phi) is 6.42. The first-order valence-electron chi connectivity index (χ1n) is 8.36. The van der Waals surface area contributed by atoms with E-state index in [1.54, 1.807) is 18.2 Å². The molecule has 0 fully saturated rings. The van der Waals surface area contributed by atoms with Crippen molar-refractivity contribution in [1.29, 1.82) is 0 Å². The summed E-state index contributed by atoms with van der Waals surface area (Å²) in [6.07, 6.45) is 0. The van der Waals surface area contributed by atoms with Crippen LogP contribution in [0.5, 0.6) is 0 Å². The van der Waals surface area contributed by atoms with E-state index in [-0.39, 0.29) is 11.7 Å². The van der Waals surface area contributed by atoms with Gasteiger partial charge in [-0.15, -0.1) is 10.2 Å². The summed E-state index contributed by atoms with van der Waals surface area (Å²) in [7, 11) is 0. The molecule has 0 bridgehead atoms. The fraction of sp³-hybridized carbons (Fsp3) is 0.211. The zero-order valence-corrected chi connectivity index (χ0v) is 17.2. The molecular weight excluding hydrogens is 403 g/mol. The number of hydrogen-bond acceptors (Lipinski definition) is 4. The van der Waals surface area contributed by atoms with Gasteiger partial charge in [0, 0.05) is 17.1 Å². The summed E-state index contributed by atoms with van der Waals surface area (Å²) >= 11 is 13.3. The molecule has 1 N–H and O–H groups in total. The van der Waals surface area contributed by atoms with Crippen molar-refractivity contribution in [2.75, 3.05) is 11.1 Å². The van der Waals surface area contributed by atoms with Crippen LogP contribution in [0.25, 0.3) is 11.4 Å². The van der Waals surface area contributed by atoms with Gasteiger partial charge in [0.15, 0.2) is 11.0 Å². The molecule has 1 heterocycles. The molecule has 0 radical (unpaired) electrons. The Morgan fingerprint density at radius 2 is 2.00 bits per heavy atom. The van der Waals surface area contributed by atoms with Crippen molar-refractivity contribution in [1.82, 2.24) is 14.8 Å². The van der Waals surface area contributed by atoms with Gasteiger partial charge in [-0.1, -0.05) is 58.7 Å². The standard InChI is InChI=1S/C19H18Cl2N4OS/c1-3-25-18(13-6-4-5-12(2)9-13)23-24-19(25)27-11-17(26)22-16-8-7-14(20)10-15(16)21/h4-10H,3,11H2,1-2H3,(H,22,26). The smallest absolute Gasteiger partial charge is 0.234 e. The Morgan fingerprint density at radius 3 is 2.70 bits per heavy atom. The van der Waals surface area contributed by atoms with E-state index in [0.29, 0.717) is 27.4 Å². The van der Waals surface area contributed by atoms with E-state index in [1.165, 1.54) is 11.8 Å². The molecule has 0 aliphatic carbocycles. The molecule has 3 aromatic rings. The molecule has 0 atom stereocenters. The highest BCUT2D eigenvalue weighted by atomic mass is 35.5. The second-order valence-electron chi connectivity index (χ2n) is 5.88. The molecule has 27 heavy (non-hydrogen) atoms. The highest BCUT2D eigenvalue weighted by Gasteiger charge is 2.15. The molecule has 0 unspecified atom stereocenters. The summed E-state index contributed by atoms with van der Waals surface area (Å²) in [5.74, 6) is 0.821. The molecule has 0 saturated carbocycles. The van der Waals surface area contributed by atoms with E-state index in [1.807, 2.05) is 36.6 Å². The van der Waals surface area contributed by atoms with Crippen LogP contribution in [0.2, 0.25) is 10.0 Å². The van der Waals surface area contributed by atoms with Gasteiger partial charge in [0.1, 0.15) is 0 Å². The number of amides is 1. The Balaban J connectivity index is 1.70. The van der Waals surface area contributed by atoms with Crippen LogP contribution in [-0.2, 0) is 11.3 Å². The van der Waals surface area contributed by atoms with Crippen LogP contribution in [0.1, 0.15) is 12.5 Å². The number of carbonyl (C=O) groups excluding carboxylic acids is 1. The van der Waals surface area contributed by atoms with E-state index in [2.05, 4.69) is 21.6 Å². The average Bonchev–Trinajstić information content (AvgIpc) is 3.05. The molecule has 2 aromatic carbocycles. The number of rotatable bonds is 6. The second kappa shape index (κ2) is 8.78. The number of benzene rings is 2. The molecule has 3 rings (SSSR count). The number of thioether (sulfide) groups is 1. The normalized spacial score (nSPS) is 10.8. The Morgan fingerprint density at radius 1 is 1.19 bits per heavy atom. The number of halogens is 2. The SMILES string of the molecule is CCn1c(SCC(=O)Nc2ccc(Cl)cc2Cl)nnc1-c1cccc(C)c1. The first-order chi connectivity index (χ1) is 13.0. The zero-order valence-electron chi connectivity index (χ0n) is 14.9. The predicted octanol–water partition coefficient (Wildman–Crippen LogP) is 5.31. The summed E-state index contributed by atoms with van der Waals surface area (Å²) in [5.41, 5.74) is 2.70. The highest BCUT2D eigenvalue weighted by molar-refractivity contribution is 7.99. The highest BCUT2D eigenvalue weighted by Crippen LogP contribution is 2.27. The minimum Gasteiger partial charge on any atom is -0.324 e. The fourth-order valence-corrected chi connectivity index (χ4v) is 3.84. The van der Waals surface area contributed by atoms with Crippen molar-refractivity contribution < 1.29 is 4.79 Å². The molecule has 1 amide bonds. The van der Waals surface area contributed by atoms with E-state index in [9.17, 15) is 4.79 Å². The molecule has 5 nitrogen and oxygen atoms in total. The summed E-state index contributed by atoms with van der Waals surface area (Å²) in [4.78, 5) is 12.3. The molecule has 140 valence electrons. The van der Waals surface area contributed by atoms with Crippen molar-refractivity contribution in [3.05, 3.63) is 58.1 Å². The van der Waals surface area contributed by atoms with Gasteiger partial charge in [-0.05, 0) is 38.1 Å². The van der Waals surface area contributed by atoms with Crippen molar-refractivity contribution >= 4 is 46.6 Å². The van der Waals surface area contributed by atoms with E-state index < -0.39 is 0 Å². The monoisotopic (exact) mass is 420 g/mol. The van der Waals surface area contributed by atoms with Crippen LogP contribution in [0.3, 0.4) is 0 Å². The Hall–Kier alpha value is -2.02. The number of anilines is 1. The summed E-state index contributed by atoms with van der Waals surface area (Å²) in [6.45, 7) is 4.78. The van der Waals surface area contributed by atoms with Gasteiger partial charge < -0.3 is 9.88 Å². The molecule has 0 aliphatic rings. The van der Waals surface area contributed by atoms with Gasteiger partial charge in [-0.3, -0.25) is 4.79 Å². The lowest BCUT2D eigenvalue weighted by Gasteiger charge is -2.09. The van der Waals surface area contributed by atoms with Crippen LogP contribution >= 0.6 is 35.0 Å². The van der Waals surface area contributed by atoms with Crippen LogP contribution in [0, 0.1) is 6.92 Å². The van der Waals surface area contributed by atoms with E-state index in [0.717, 1.165) is 17.0 Å². The quantitative estimate of drug-likeness (QED) is 0.548. The van der Waals surface area contributed by atoms with Gasteiger partial charge in [-0.2, -0.15) is 0 Å². The van der Waals surface area contributed by atoms with Gasteiger partial charge in [0.05, 0.1) is 16.5 Å². The van der Waals surface area contributed by atoms with E-state index >= 15 is 0 Å². The number of nitrogens with one attached hydrogen (secondary N) is 1. The molecule has 1 aromatic heterocycles. The first kappa shape index (κ1) is 19.7. The van der Waals surface area contributed by atoms with E-state index in [4.69, 9.17) is 23.2 Å². The maximum atomic E-state index is 12.3. The summed E-state index contributed by atoms with van der Waals surface area (Å²) < 4.78 is 2.00. The number of aromatic nitrogens is 3. The molecule has 0 aliphatic heterocycles. The van der Waals surface area contributed by atoms with Gasteiger partial charge >= 0.3 is 0 Å².